The number of nitrogens with zero attached hydrogens (tertiary/aromatic N) is 4. The van der Waals surface area contributed by atoms with Gasteiger partial charge in [-0.1, -0.05) is 30.3 Å². The summed E-state index contributed by atoms with van der Waals surface area (Å²) in [5, 5.41) is 7.33. The largest absolute Gasteiger partial charge is 0.349 e. The SMILES string of the molecule is O=c1[nH]c2scc(-c3ccccc3)c2c2nc(-c3ccncc3)nn12. The summed E-state index contributed by atoms with van der Waals surface area (Å²) < 4.78 is 1.33. The lowest BCUT2D eigenvalue weighted by Crippen LogP contribution is -2.16. The molecule has 5 aromatic rings. The number of aromatic amines is 1. The van der Waals surface area contributed by atoms with E-state index in [0.29, 0.717) is 11.5 Å². The van der Waals surface area contributed by atoms with Crippen molar-refractivity contribution >= 4 is 27.2 Å². The van der Waals surface area contributed by atoms with Crippen molar-refractivity contribution in [3.05, 3.63) is 70.7 Å². The van der Waals surface area contributed by atoms with Crippen LogP contribution in [0.3, 0.4) is 0 Å². The van der Waals surface area contributed by atoms with Crippen LogP contribution in [0.2, 0.25) is 0 Å². The number of benzene rings is 1. The first-order valence-electron chi connectivity index (χ1n) is 7.67. The van der Waals surface area contributed by atoms with Crippen LogP contribution in [0.15, 0.2) is 65.0 Å². The first-order chi connectivity index (χ1) is 12.3. The highest BCUT2D eigenvalue weighted by Crippen LogP contribution is 2.34. The van der Waals surface area contributed by atoms with Crippen LogP contribution >= 0.6 is 11.3 Å². The molecule has 0 aliphatic carbocycles. The van der Waals surface area contributed by atoms with Crippen molar-refractivity contribution in [2.75, 3.05) is 0 Å². The van der Waals surface area contributed by atoms with Crippen molar-refractivity contribution in [1.29, 1.82) is 0 Å². The Bertz CT molecular complexity index is 1250. The maximum absolute atomic E-state index is 12.4. The second-order valence-corrected chi connectivity index (χ2v) is 6.44. The molecule has 0 fully saturated rings. The number of fused-ring (bicyclic) bond motifs is 3. The minimum Gasteiger partial charge on any atom is -0.297 e. The van der Waals surface area contributed by atoms with Crippen molar-refractivity contribution in [2.24, 2.45) is 0 Å². The lowest BCUT2D eigenvalue weighted by molar-refractivity contribution is 0.887. The van der Waals surface area contributed by atoms with Crippen molar-refractivity contribution in [3.63, 3.8) is 0 Å². The molecule has 1 aromatic carbocycles. The molecule has 120 valence electrons. The smallest absolute Gasteiger partial charge is 0.297 e. The number of rotatable bonds is 2. The van der Waals surface area contributed by atoms with Crippen LogP contribution in [0.25, 0.3) is 38.4 Å². The summed E-state index contributed by atoms with van der Waals surface area (Å²) in [5.74, 6) is 0.505. The molecule has 4 aromatic heterocycles. The van der Waals surface area contributed by atoms with Gasteiger partial charge in [-0.15, -0.1) is 16.4 Å². The molecule has 0 unspecified atom stereocenters. The van der Waals surface area contributed by atoms with Crippen molar-refractivity contribution in [1.82, 2.24) is 24.6 Å². The maximum atomic E-state index is 12.4. The Labute approximate surface area is 145 Å². The fraction of sp³-hybridized carbons (Fsp3) is 0. The van der Waals surface area contributed by atoms with Crippen LogP contribution in [-0.4, -0.2) is 24.6 Å². The van der Waals surface area contributed by atoms with Gasteiger partial charge in [-0.05, 0) is 17.7 Å². The number of pyridine rings is 1. The molecular weight excluding hydrogens is 334 g/mol. The maximum Gasteiger partial charge on any atom is 0.349 e. The van der Waals surface area contributed by atoms with E-state index >= 15 is 0 Å². The number of nitrogens with one attached hydrogen (secondary N) is 1. The number of hydrogen-bond acceptors (Lipinski definition) is 5. The highest BCUT2D eigenvalue weighted by molar-refractivity contribution is 7.17. The average Bonchev–Trinajstić information content (AvgIpc) is 3.28. The Hall–Kier alpha value is -3.32. The van der Waals surface area contributed by atoms with E-state index in [1.807, 2.05) is 47.8 Å². The molecular formula is C18H11N5OS. The molecule has 1 N–H and O–H groups in total. The zero-order chi connectivity index (χ0) is 16.8. The molecule has 5 rings (SSSR count). The molecule has 7 heteroatoms. The lowest BCUT2D eigenvalue weighted by atomic mass is 10.1. The normalized spacial score (nSPS) is 11.4. The first kappa shape index (κ1) is 14.1. The molecule has 0 radical (unpaired) electrons. The zero-order valence-electron chi connectivity index (χ0n) is 12.9. The molecule has 0 spiro atoms. The third-order valence-corrected chi connectivity index (χ3v) is 4.95. The van der Waals surface area contributed by atoms with Gasteiger partial charge in [0.15, 0.2) is 11.5 Å². The summed E-state index contributed by atoms with van der Waals surface area (Å²) in [4.78, 5) is 24.7. The minimum absolute atomic E-state index is 0.295. The molecule has 0 aliphatic rings. The second-order valence-electron chi connectivity index (χ2n) is 5.56. The highest BCUT2D eigenvalue weighted by Gasteiger charge is 2.17. The van der Waals surface area contributed by atoms with Crippen LogP contribution in [0.4, 0.5) is 0 Å². The summed E-state index contributed by atoms with van der Waals surface area (Å²) in [7, 11) is 0. The molecule has 4 heterocycles. The van der Waals surface area contributed by atoms with E-state index in [1.165, 1.54) is 15.9 Å². The highest BCUT2D eigenvalue weighted by atomic mass is 32.1. The predicted octanol–water partition coefficient (Wildman–Crippen LogP) is 3.36. The van der Waals surface area contributed by atoms with E-state index in [2.05, 4.69) is 20.1 Å². The molecule has 0 saturated heterocycles. The van der Waals surface area contributed by atoms with E-state index in [1.54, 1.807) is 12.4 Å². The van der Waals surface area contributed by atoms with Crippen molar-refractivity contribution < 1.29 is 0 Å². The summed E-state index contributed by atoms with van der Waals surface area (Å²) in [5.41, 5.74) is 3.21. The summed E-state index contributed by atoms with van der Waals surface area (Å²) >= 11 is 1.50. The van der Waals surface area contributed by atoms with Gasteiger partial charge in [-0.3, -0.25) is 9.97 Å². The van der Waals surface area contributed by atoms with Gasteiger partial charge in [0.1, 0.15) is 4.83 Å². The van der Waals surface area contributed by atoms with Gasteiger partial charge in [0.2, 0.25) is 0 Å². The fourth-order valence-electron chi connectivity index (χ4n) is 2.89. The van der Waals surface area contributed by atoms with E-state index in [4.69, 9.17) is 0 Å². The van der Waals surface area contributed by atoms with Crippen LogP contribution < -0.4 is 5.69 Å². The Morgan fingerprint density at radius 2 is 1.80 bits per heavy atom. The molecule has 0 aliphatic heterocycles. The third-order valence-electron chi connectivity index (χ3n) is 4.06. The van der Waals surface area contributed by atoms with Gasteiger partial charge in [-0.2, -0.15) is 4.52 Å². The Balaban J connectivity index is 1.86. The molecule has 0 atom stereocenters. The number of hydrogen-bond donors (Lipinski definition) is 1. The van der Waals surface area contributed by atoms with Crippen LogP contribution in [-0.2, 0) is 0 Å². The standard InChI is InChI=1S/C18H11N5OS/c24-18-21-17-14(13(10-25-17)11-4-2-1-3-5-11)16-20-15(22-23(16)18)12-6-8-19-9-7-12/h1-10H,(H,21,24). The zero-order valence-corrected chi connectivity index (χ0v) is 13.7. The van der Waals surface area contributed by atoms with Gasteiger partial charge in [0.05, 0.1) is 5.39 Å². The summed E-state index contributed by atoms with van der Waals surface area (Å²) in [6, 6.07) is 13.7. The monoisotopic (exact) mass is 345 g/mol. The second kappa shape index (κ2) is 5.35. The Kier molecular flexibility index (Phi) is 3.01. The van der Waals surface area contributed by atoms with Crippen LogP contribution in [0, 0.1) is 0 Å². The van der Waals surface area contributed by atoms with Crippen molar-refractivity contribution in [2.45, 2.75) is 0 Å². The van der Waals surface area contributed by atoms with Gasteiger partial charge in [0, 0.05) is 28.9 Å². The Morgan fingerprint density at radius 3 is 2.60 bits per heavy atom. The molecule has 0 saturated carbocycles. The van der Waals surface area contributed by atoms with Gasteiger partial charge < -0.3 is 0 Å². The van der Waals surface area contributed by atoms with Gasteiger partial charge in [-0.25, -0.2) is 9.78 Å². The molecule has 0 amide bonds. The van der Waals surface area contributed by atoms with E-state index < -0.39 is 0 Å². The molecule has 25 heavy (non-hydrogen) atoms. The molecule has 0 bridgehead atoms. The number of aromatic nitrogens is 5. The number of thiophene rings is 1. The average molecular weight is 345 g/mol. The van der Waals surface area contributed by atoms with E-state index in [9.17, 15) is 4.79 Å². The van der Waals surface area contributed by atoms with E-state index in [0.717, 1.165) is 26.9 Å². The summed E-state index contributed by atoms with van der Waals surface area (Å²) in [6.45, 7) is 0. The minimum atomic E-state index is -0.295. The van der Waals surface area contributed by atoms with Gasteiger partial charge in [0.25, 0.3) is 0 Å². The van der Waals surface area contributed by atoms with Crippen molar-refractivity contribution in [3.8, 4) is 22.5 Å². The fourth-order valence-corrected chi connectivity index (χ4v) is 3.85. The van der Waals surface area contributed by atoms with E-state index in [-0.39, 0.29) is 5.69 Å². The van der Waals surface area contributed by atoms with Crippen LogP contribution in [0.1, 0.15) is 0 Å². The molecule has 6 nitrogen and oxygen atoms in total. The predicted molar refractivity (Wildman–Crippen MR) is 97.7 cm³/mol. The topological polar surface area (TPSA) is 75.9 Å². The Morgan fingerprint density at radius 1 is 1.00 bits per heavy atom. The van der Waals surface area contributed by atoms with Gasteiger partial charge >= 0.3 is 5.69 Å². The van der Waals surface area contributed by atoms with Crippen LogP contribution in [0.5, 0.6) is 0 Å². The lowest BCUT2D eigenvalue weighted by Gasteiger charge is -2.00. The first-order valence-corrected chi connectivity index (χ1v) is 8.55. The summed E-state index contributed by atoms with van der Waals surface area (Å²) in [6.07, 6.45) is 3.36. The third kappa shape index (κ3) is 2.17. The number of H-pyrrole nitrogens is 1. The quantitative estimate of drug-likeness (QED) is 0.532.